The molecule has 3 aromatic rings. The molecule has 0 fully saturated rings. The van der Waals surface area contributed by atoms with E-state index in [1.165, 1.54) is 12.1 Å². The topological polar surface area (TPSA) is 97.1 Å². The maximum absolute atomic E-state index is 12.1. The Bertz CT molecular complexity index is 960. The van der Waals surface area contributed by atoms with Crippen molar-refractivity contribution < 1.29 is 14.1 Å². The molecule has 1 aromatic carbocycles. The predicted molar refractivity (Wildman–Crippen MR) is 101 cm³/mol. The van der Waals surface area contributed by atoms with Gasteiger partial charge in [-0.1, -0.05) is 28.4 Å². The van der Waals surface area contributed by atoms with Gasteiger partial charge in [-0.3, -0.25) is 14.6 Å². The largest absolute Gasteiger partial charge is 0.355 e. The van der Waals surface area contributed by atoms with E-state index in [9.17, 15) is 9.59 Å². The van der Waals surface area contributed by atoms with Gasteiger partial charge in [0, 0.05) is 42.7 Å². The summed E-state index contributed by atoms with van der Waals surface area (Å²) in [5, 5.41) is 9.74. The van der Waals surface area contributed by atoms with Crippen molar-refractivity contribution in [2.45, 2.75) is 0 Å². The van der Waals surface area contributed by atoms with Gasteiger partial charge in [0.25, 0.3) is 11.8 Å². The molecule has 0 bridgehead atoms. The van der Waals surface area contributed by atoms with E-state index in [1.807, 2.05) is 0 Å². The van der Waals surface area contributed by atoms with Gasteiger partial charge in [-0.2, -0.15) is 0 Å². The summed E-state index contributed by atoms with van der Waals surface area (Å²) in [4.78, 5) is 28.1. The summed E-state index contributed by atoms with van der Waals surface area (Å²) in [5.74, 6) is -0.276. The van der Waals surface area contributed by atoms with Crippen LogP contribution >= 0.6 is 23.2 Å². The summed E-state index contributed by atoms with van der Waals surface area (Å²) >= 11 is 11.7. The van der Waals surface area contributed by atoms with Gasteiger partial charge in [0.2, 0.25) is 0 Å². The lowest BCUT2D eigenvalue weighted by Gasteiger charge is -2.07. The number of carbonyl (C=O) groups excluding carboxylic acids is 2. The van der Waals surface area contributed by atoms with Crippen LogP contribution in [0.15, 0.2) is 53.3 Å². The molecule has 0 saturated heterocycles. The molecule has 0 aliphatic heterocycles. The van der Waals surface area contributed by atoms with Crippen LogP contribution in [-0.4, -0.2) is 35.0 Å². The predicted octanol–water partition coefficient (Wildman–Crippen LogP) is 3.20. The number of carbonyl (C=O) groups is 2. The number of aromatic nitrogens is 2. The van der Waals surface area contributed by atoms with Gasteiger partial charge in [0.05, 0.1) is 10.0 Å². The first-order valence-corrected chi connectivity index (χ1v) is 8.69. The Hall–Kier alpha value is -2.90. The van der Waals surface area contributed by atoms with E-state index in [4.69, 9.17) is 27.7 Å². The minimum Gasteiger partial charge on any atom is -0.355 e. The summed E-state index contributed by atoms with van der Waals surface area (Å²) in [6.07, 6.45) is 3.25. The summed E-state index contributed by atoms with van der Waals surface area (Å²) in [6, 6.07) is 9.68. The van der Waals surface area contributed by atoms with Crippen LogP contribution in [0, 0.1) is 0 Å². The number of benzene rings is 1. The minimum atomic E-state index is -0.405. The summed E-state index contributed by atoms with van der Waals surface area (Å²) < 4.78 is 5.15. The minimum absolute atomic E-state index is 0.143. The van der Waals surface area contributed by atoms with Crippen LogP contribution in [0.2, 0.25) is 10.0 Å². The van der Waals surface area contributed by atoms with Crippen molar-refractivity contribution in [3.8, 4) is 11.3 Å². The molecule has 0 atom stereocenters. The van der Waals surface area contributed by atoms with E-state index < -0.39 is 5.91 Å². The van der Waals surface area contributed by atoms with E-state index in [0.717, 1.165) is 5.56 Å². The van der Waals surface area contributed by atoms with Crippen LogP contribution in [0.3, 0.4) is 0 Å². The van der Waals surface area contributed by atoms with Gasteiger partial charge in [0.1, 0.15) is 0 Å². The number of nitrogens with one attached hydrogen (secondary N) is 2. The summed E-state index contributed by atoms with van der Waals surface area (Å²) in [7, 11) is 0. The first-order valence-electron chi connectivity index (χ1n) is 7.93. The number of hydrogen-bond acceptors (Lipinski definition) is 5. The smallest absolute Gasteiger partial charge is 0.273 e. The average molecular weight is 405 g/mol. The number of halogens is 2. The van der Waals surface area contributed by atoms with Crippen molar-refractivity contribution in [2.24, 2.45) is 0 Å². The quantitative estimate of drug-likeness (QED) is 0.614. The first kappa shape index (κ1) is 18.9. The number of nitrogens with zero attached hydrogens (tertiary/aromatic N) is 2. The van der Waals surface area contributed by atoms with Gasteiger partial charge in [-0.15, -0.1) is 0 Å². The maximum Gasteiger partial charge on any atom is 0.273 e. The summed E-state index contributed by atoms with van der Waals surface area (Å²) in [5.41, 5.74) is 1.25. The molecule has 27 heavy (non-hydrogen) atoms. The standard InChI is InChI=1S/C18H14Cl2N4O3/c19-13-4-3-11(8-14(13)20)17(25)22-6-7-23-18(26)15-9-16(27-24-15)12-2-1-5-21-10-12/h1-5,8-10H,6-7H2,(H,22,25)(H,23,26). The van der Waals surface area contributed by atoms with Crippen molar-refractivity contribution >= 4 is 35.0 Å². The third-order valence-electron chi connectivity index (χ3n) is 3.57. The molecule has 0 unspecified atom stereocenters. The van der Waals surface area contributed by atoms with Crippen LogP contribution in [0.1, 0.15) is 20.8 Å². The Morgan fingerprint density at radius 3 is 2.48 bits per heavy atom. The zero-order valence-corrected chi connectivity index (χ0v) is 15.4. The molecule has 3 rings (SSSR count). The fourth-order valence-corrected chi connectivity index (χ4v) is 2.51. The third-order valence-corrected chi connectivity index (χ3v) is 4.31. The molecule has 0 spiro atoms. The van der Waals surface area contributed by atoms with Gasteiger partial charge in [-0.05, 0) is 30.3 Å². The molecule has 0 saturated carbocycles. The number of rotatable bonds is 6. The third kappa shape index (κ3) is 4.84. The Morgan fingerprint density at radius 2 is 1.78 bits per heavy atom. The number of hydrogen-bond donors (Lipinski definition) is 2. The van der Waals surface area contributed by atoms with Gasteiger partial charge < -0.3 is 15.2 Å². The lowest BCUT2D eigenvalue weighted by Crippen LogP contribution is -2.34. The van der Waals surface area contributed by atoms with Crippen molar-refractivity contribution in [1.29, 1.82) is 0 Å². The molecule has 2 amide bonds. The van der Waals surface area contributed by atoms with Gasteiger partial charge >= 0.3 is 0 Å². The Labute approximate surface area is 164 Å². The molecule has 2 heterocycles. The molecule has 0 radical (unpaired) electrons. The molecule has 2 aromatic heterocycles. The highest BCUT2D eigenvalue weighted by Gasteiger charge is 2.13. The second-order valence-corrected chi connectivity index (χ2v) is 6.27. The zero-order chi connectivity index (χ0) is 19.2. The zero-order valence-electron chi connectivity index (χ0n) is 13.9. The normalized spacial score (nSPS) is 10.4. The second-order valence-electron chi connectivity index (χ2n) is 5.46. The summed E-state index contributed by atoms with van der Waals surface area (Å²) in [6.45, 7) is 0.457. The van der Waals surface area contributed by atoms with E-state index >= 15 is 0 Å². The molecule has 2 N–H and O–H groups in total. The molecule has 0 aliphatic rings. The lowest BCUT2D eigenvalue weighted by molar-refractivity contribution is 0.0922. The lowest BCUT2D eigenvalue weighted by atomic mass is 10.2. The van der Waals surface area contributed by atoms with Crippen LogP contribution in [0.25, 0.3) is 11.3 Å². The Morgan fingerprint density at radius 1 is 1.00 bits per heavy atom. The van der Waals surface area contributed by atoms with E-state index in [1.54, 1.807) is 36.7 Å². The molecule has 138 valence electrons. The Kier molecular flexibility index (Phi) is 6.05. The highest BCUT2D eigenvalue weighted by molar-refractivity contribution is 6.42. The van der Waals surface area contributed by atoms with E-state index in [0.29, 0.717) is 21.4 Å². The van der Waals surface area contributed by atoms with Crippen molar-refractivity contribution in [3.63, 3.8) is 0 Å². The fraction of sp³-hybridized carbons (Fsp3) is 0.111. The fourth-order valence-electron chi connectivity index (χ4n) is 2.21. The van der Waals surface area contributed by atoms with E-state index in [-0.39, 0.29) is 24.7 Å². The first-order chi connectivity index (χ1) is 13.0. The number of pyridine rings is 1. The maximum atomic E-state index is 12.1. The van der Waals surface area contributed by atoms with Crippen LogP contribution < -0.4 is 10.6 Å². The SMILES string of the molecule is O=C(NCCNC(=O)c1cc(-c2cccnc2)on1)c1ccc(Cl)c(Cl)c1. The molecule has 7 nitrogen and oxygen atoms in total. The van der Waals surface area contributed by atoms with Gasteiger partial charge in [-0.25, -0.2) is 0 Å². The van der Waals surface area contributed by atoms with E-state index in [2.05, 4.69) is 20.8 Å². The van der Waals surface area contributed by atoms with Crippen LogP contribution in [0.4, 0.5) is 0 Å². The molecular formula is C18H14Cl2N4O3. The molecule has 9 heteroatoms. The Balaban J connectivity index is 1.48. The highest BCUT2D eigenvalue weighted by Crippen LogP contribution is 2.22. The van der Waals surface area contributed by atoms with Crippen molar-refractivity contribution in [2.75, 3.05) is 13.1 Å². The molecular weight excluding hydrogens is 391 g/mol. The van der Waals surface area contributed by atoms with Crippen LogP contribution in [-0.2, 0) is 0 Å². The van der Waals surface area contributed by atoms with Crippen molar-refractivity contribution in [3.05, 3.63) is 70.1 Å². The van der Waals surface area contributed by atoms with Crippen molar-refractivity contribution in [1.82, 2.24) is 20.8 Å². The van der Waals surface area contributed by atoms with Gasteiger partial charge in [0.15, 0.2) is 11.5 Å². The second kappa shape index (κ2) is 8.66. The monoisotopic (exact) mass is 404 g/mol. The number of amides is 2. The highest BCUT2D eigenvalue weighted by atomic mass is 35.5. The van der Waals surface area contributed by atoms with Crippen LogP contribution in [0.5, 0.6) is 0 Å². The molecule has 0 aliphatic carbocycles. The average Bonchev–Trinajstić information content (AvgIpc) is 3.18.